The Labute approximate surface area is 76.6 Å². The Kier molecular flexibility index (Phi) is 3.41. The van der Waals surface area contributed by atoms with Gasteiger partial charge in [-0.2, -0.15) is 5.26 Å². The van der Waals surface area contributed by atoms with Gasteiger partial charge in [-0.25, -0.2) is 4.39 Å². The third kappa shape index (κ3) is 2.53. The Balaban J connectivity index is 2.89. The number of hydrogen-bond donors (Lipinski definition) is 0. The topological polar surface area (TPSA) is 33.0 Å². The Morgan fingerprint density at radius 2 is 2.31 bits per heavy atom. The lowest BCUT2D eigenvalue weighted by molar-refractivity contribution is 0.133. The van der Waals surface area contributed by atoms with E-state index in [0.717, 1.165) is 0 Å². The van der Waals surface area contributed by atoms with E-state index >= 15 is 0 Å². The van der Waals surface area contributed by atoms with E-state index in [2.05, 4.69) is 0 Å². The fraction of sp³-hybridized carbons (Fsp3) is 0.300. The summed E-state index contributed by atoms with van der Waals surface area (Å²) in [5, 5.41) is 8.68. The molecule has 0 spiro atoms. The van der Waals surface area contributed by atoms with E-state index in [-0.39, 0.29) is 12.4 Å². The zero-order valence-electron chi connectivity index (χ0n) is 7.38. The van der Waals surface area contributed by atoms with E-state index in [1.54, 1.807) is 0 Å². The van der Waals surface area contributed by atoms with Gasteiger partial charge in [0, 0.05) is 6.61 Å². The quantitative estimate of drug-likeness (QED) is 0.712. The second-order valence-electron chi connectivity index (χ2n) is 2.55. The molecule has 0 saturated carbocycles. The first kappa shape index (κ1) is 9.69. The molecule has 0 saturated heterocycles. The molecule has 0 aliphatic heterocycles. The first-order valence-electron chi connectivity index (χ1n) is 4.04. The second kappa shape index (κ2) is 4.58. The highest BCUT2D eigenvalue weighted by Gasteiger charge is 2.02. The van der Waals surface area contributed by atoms with Gasteiger partial charge in [-0.3, -0.25) is 0 Å². The first-order chi connectivity index (χ1) is 6.27. The van der Waals surface area contributed by atoms with Crippen LogP contribution in [-0.4, -0.2) is 6.61 Å². The molecule has 68 valence electrons. The smallest absolute Gasteiger partial charge is 0.123 e. The summed E-state index contributed by atoms with van der Waals surface area (Å²) in [4.78, 5) is 0. The van der Waals surface area contributed by atoms with Gasteiger partial charge in [-0.1, -0.05) is 0 Å². The first-order valence-corrected chi connectivity index (χ1v) is 4.04. The molecule has 0 unspecified atom stereocenters. The van der Waals surface area contributed by atoms with Crippen molar-refractivity contribution in [1.29, 1.82) is 5.26 Å². The molecule has 0 heterocycles. The third-order valence-corrected chi connectivity index (χ3v) is 1.65. The Bertz CT molecular complexity index is 330. The largest absolute Gasteiger partial charge is 0.377 e. The van der Waals surface area contributed by atoms with Crippen LogP contribution >= 0.6 is 0 Å². The zero-order valence-corrected chi connectivity index (χ0v) is 7.38. The molecule has 0 radical (unpaired) electrons. The highest BCUT2D eigenvalue weighted by Crippen LogP contribution is 2.11. The molecule has 13 heavy (non-hydrogen) atoms. The SMILES string of the molecule is CCOCc1cc(F)ccc1C#N. The normalized spacial score (nSPS) is 9.62. The van der Waals surface area contributed by atoms with Gasteiger partial charge in [0.05, 0.1) is 18.2 Å². The summed E-state index contributed by atoms with van der Waals surface area (Å²) in [7, 11) is 0. The molecule has 1 aromatic rings. The van der Waals surface area contributed by atoms with E-state index in [9.17, 15) is 4.39 Å². The molecular weight excluding hydrogens is 169 g/mol. The molecule has 0 aliphatic carbocycles. The van der Waals surface area contributed by atoms with E-state index in [1.165, 1.54) is 18.2 Å². The summed E-state index contributed by atoms with van der Waals surface area (Å²) in [6.07, 6.45) is 0. The van der Waals surface area contributed by atoms with Gasteiger partial charge in [0.1, 0.15) is 5.82 Å². The third-order valence-electron chi connectivity index (χ3n) is 1.65. The summed E-state index contributed by atoms with van der Waals surface area (Å²) >= 11 is 0. The molecule has 0 fully saturated rings. The minimum atomic E-state index is -0.339. The zero-order chi connectivity index (χ0) is 9.68. The van der Waals surface area contributed by atoms with Crippen molar-refractivity contribution in [1.82, 2.24) is 0 Å². The van der Waals surface area contributed by atoms with Crippen LogP contribution < -0.4 is 0 Å². The lowest BCUT2D eigenvalue weighted by Gasteiger charge is -2.03. The van der Waals surface area contributed by atoms with Gasteiger partial charge in [0.2, 0.25) is 0 Å². The van der Waals surface area contributed by atoms with Gasteiger partial charge in [0.25, 0.3) is 0 Å². The Hall–Kier alpha value is -1.40. The molecule has 0 atom stereocenters. The minimum Gasteiger partial charge on any atom is -0.377 e. The Morgan fingerprint density at radius 3 is 2.92 bits per heavy atom. The van der Waals surface area contributed by atoms with Crippen molar-refractivity contribution in [2.45, 2.75) is 13.5 Å². The van der Waals surface area contributed by atoms with Crippen molar-refractivity contribution in [3.8, 4) is 6.07 Å². The standard InChI is InChI=1S/C10H10FNO/c1-2-13-7-9-5-10(11)4-3-8(9)6-12/h3-5H,2,7H2,1H3. The molecule has 1 rings (SSSR count). The maximum Gasteiger partial charge on any atom is 0.123 e. The van der Waals surface area contributed by atoms with E-state index in [4.69, 9.17) is 10.00 Å². The summed E-state index contributed by atoms with van der Waals surface area (Å²) < 4.78 is 17.8. The number of ether oxygens (including phenoxy) is 1. The number of benzene rings is 1. The van der Waals surface area contributed by atoms with E-state index in [1.807, 2.05) is 13.0 Å². The van der Waals surface area contributed by atoms with Gasteiger partial charge < -0.3 is 4.74 Å². The number of hydrogen-bond acceptors (Lipinski definition) is 2. The van der Waals surface area contributed by atoms with Crippen LogP contribution in [-0.2, 0) is 11.3 Å². The minimum absolute atomic E-state index is 0.289. The van der Waals surface area contributed by atoms with Crippen LogP contribution in [0, 0.1) is 17.1 Å². The fourth-order valence-corrected chi connectivity index (χ4v) is 1.00. The van der Waals surface area contributed by atoms with Crippen molar-refractivity contribution in [2.75, 3.05) is 6.61 Å². The van der Waals surface area contributed by atoms with Crippen LogP contribution in [0.4, 0.5) is 4.39 Å². The molecule has 0 aromatic heterocycles. The maximum absolute atomic E-state index is 12.7. The van der Waals surface area contributed by atoms with Crippen molar-refractivity contribution < 1.29 is 9.13 Å². The van der Waals surface area contributed by atoms with Crippen LogP contribution in [0.2, 0.25) is 0 Å². The van der Waals surface area contributed by atoms with Crippen LogP contribution in [0.3, 0.4) is 0 Å². The molecule has 3 heteroatoms. The number of halogens is 1. The fourth-order valence-electron chi connectivity index (χ4n) is 1.00. The van der Waals surface area contributed by atoms with Gasteiger partial charge in [-0.05, 0) is 30.7 Å². The summed E-state index contributed by atoms with van der Waals surface area (Å²) in [6, 6.07) is 6.05. The van der Waals surface area contributed by atoms with Crippen LogP contribution in [0.5, 0.6) is 0 Å². The van der Waals surface area contributed by atoms with Crippen LogP contribution in [0.25, 0.3) is 0 Å². The predicted octanol–water partition coefficient (Wildman–Crippen LogP) is 2.23. The summed E-state index contributed by atoms with van der Waals surface area (Å²) in [5.74, 6) is -0.339. The second-order valence-corrected chi connectivity index (χ2v) is 2.55. The monoisotopic (exact) mass is 179 g/mol. The highest BCUT2D eigenvalue weighted by molar-refractivity contribution is 5.37. The lowest BCUT2D eigenvalue weighted by Crippen LogP contribution is -1.96. The average Bonchev–Trinajstić information content (AvgIpc) is 2.15. The molecule has 2 nitrogen and oxygen atoms in total. The molecular formula is C10H10FNO. The van der Waals surface area contributed by atoms with Gasteiger partial charge in [-0.15, -0.1) is 0 Å². The lowest BCUT2D eigenvalue weighted by atomic mass is 10.1. The molecule has 0 bridgehead atoms. The summed E-state index contributed by atoms with van der Waals surface area (Å²) in [5.41, 5.74) is 1.07. The van der Waals surface area contributed by atoms with Crippen LogP contribution in [0.1, 0.15) is 18.1 Å². The summed E-state index contributed by atoms with van der Waals surface area (Å²) in [6.45, 7) is 2.70. The molecule has 0 aliphatic rings. The predicted molar refractivity (Wildman–Crippen MR) is 46.4 cm³/mol. The Morgan fingerprint density at radius 1 is 1.54 bits per heavy atom. The van der Waals surface area contributed by atoms with Gasteiger partial charge >= 0.3 is 0 Å². The molecule has 0 amide bonds. The number of nitriles is 1. The maximum atomic E-state index is 12.7. The average molecular weight is 179 g/mol. The van der Waals surface area contributed by atoms with E-state index in [0.29, 0.717) is 17.7 Å². The van der Waals surface area contributed by atoms with Crippen molar-refractivity contribution >= 4 is 0 Å². The van der Waals surface area contributed by atoms with Crippen molar-refractivity contribution in [2.24, 2.45) is 0 Å². The highest BCUT2D eigenvalue weighted by atomic mass is 19.1. The van der Waals surface area contributed by atoms with Gasteiger partial charge in [0.15, 0.2) is 0 Å². The number of rotatable bonds is 3. The number of nitrogens with zero attached hydrogens (tertiary/aromatic N) is 1. The van der Waals surface area contributed by atoms with Crippen molar-refractivity contribution in [3.63, 3.8) is 0 Å². The van der Waals surface area contributed by atoms with Crippen molar-refractivity contribution in [3.05, 3.63) is 35.1 Å². The molecule has 1 aromatic carbocycles. The molecule has 0 N–H and O–H groups in total. The van der Waals surface area contributed by atoms with E-state index < -0.39 is 0 Å². The van der Waals surface area contributed by atoms with Crippen LogP contribution in [0.15, 0.2) is 18.2 Å².